The Balaban J connectivity index is 3.13. The van der Waals surface area contributed by atoms with Crippen LogP contribution >= 0.6 is 0 Å². The standard InChI is InChI=1S/C6H2F3N3/c7-6(8,9)5-11-2-1-4(3-10)12-5/h1-2H. The molecule has 0 saturated heterocycles. The van der Waals surface area contributed by atoms with Crippen LogP contribution in [0.5, 0.6) is 0 Å². The number of hydrogen-bond donors (Lipinski definition) is 0. The Labute approximate surface area is 65.5 Å². The quantitative estimate of drug-likeness (QED) is 0.595. The number of nitriles is 1. The second kappa shape index (κ2) is 2.77. The van der Waals surface area contributed by atoms with E-state index in [0.717, 1.165) is 12.3 Å². The van der Waals surface area contributed by atoms with E-state index in [0.29, 0.717) is 0 Å². The van der Waals surface area contributed by atoms with Gasteiger partial charge in [0.25, 0.3) is 0 Å². The Morgan fingerprint density at radius 3 is 2.58 bits per heavy atom. The largest absolute Gasteiger partial charge is 0.451 e. The Morgan fingerprint density at radius 2 is 2.08 bits per heavy atom. The summed E-state index contributed by atoms with van der Waals surface area (Å²) < 4.78 is 35.6. The monoisotopic (exact) mass is 173 g/mol. The minimum absolute atomic E-state index is 0.294. The first-order valence-corrected chi connectivity index (χ1v) is 2.84. The van der Waals surface area contributed by atoms with Gasteiger partial charge < -0.3 is 0 Å². The highest BCUT2D eigenvalue weighted by Gasteiger charge is 2.34. The predicted octanol–water partition coefficient (Wildman–Crippen LogP) is 1.37. The predicted molar refractivity (Wildman–Crippen MR) is 31.7 cm³/mol. The maximum Gasteiger partial charge on any atom is 0.451 e. The molecule has 0 aliphatic heterocycles. The van der Waals surface area contributed by atoms with Crippen molar-refractivity contribution in [1.29, 1.82) is 5.26 Å². The lowest BCUT2D eigenvalue weighted by Crippen LogP contribution is -2.11. The van der Waals surface area contributed by atoms with E-state index in [1.807, 2.05) is 0 Å². The molecule has 0 fully saturated rings. The van der Waals surface area contributed by atoms with Crippen molar-refractivity contribution >= 4 is 0 Å². The van der Waals surface area contributed by atoms with Crippen molar-refractivity contribution in [3.63, 3.8) is 0 Å². The third-order valence-electron chi connectivity index (χ3n) is 1.02. The Hall–Kier alpha value is -1.64. The van der Waals surface area contributed by atoms with Crippen molar-refractivity contribution < 1.29 is 13.2 Å². The molecule has 0 N–H and O–H groups in total. The van der Waals surface area contributed by atoms with Gasteiger partial charge in [0.2, 0.25) is 5.82 Å². The minimum Gasteiger partial charge on any atom is -0.233 e. The van der Waals surface area contributed by atoms with E-state index in [4.69, 9.17) is 5.26 Å². The molecule has 62 valence electrons. The fourth-order valence-electron chi connectivity index (χ4n) is 0.558. The number of aromatic nitrogens is 2. The molecule has 1 heterocycles. The maximum atomic E-state index is 11.9. The Kier molecular flexibility index (Phi) is 1.95. The lowest BCUT2D eigenvalue weighted by atomic mass is 10.4. The van der Waals surface area contributed by atoms with E-state index in [2.05, 4.69) is 9.97 Å². The summed E-state index contributed by atoms with van der Waals surface area (Å²) >= 11 is 0. The lowest BCUT2D eigenvalue weighted by molar-refractivity contribution is -0.145. The molecule has 0 aromatic carbocycles. The van der Waals surface area contributed by atoms with Crippen LogP contribution in [-0.2, 0) is 6.18 Å². The van der Waals surface area contributed by atoms with Gasteiger partial charge in [-0.1, -0.05) is 0 Å². The van der Waals surface area contributed by atoms with Crippen LogP contribution in [0, 0.1) is 11.3 Å². The molecule has 3 nitrogen and oxygen atoms in total. The van der Waals surface area contributed by atoms with Gasteiger partial charge in [-0.15, -0.1) is 0 Å². The van der Waals surface area contributed by atoms with Gasteiger partial charge in [0.05, 0.1) is 0 Å². The molecule has 12 heavy (non-hydrogen) atoms. The second-order valence-electron chi connectivity index (χ2n) is 1.88. The molecule has 0 aliphatic carbocycles. The van der Waals surface area contributed by atoms with E-state index in [-0.39, 0.29) is 5.69 Å². The first-order valence-electron chi connectivity index (χ1n) is 2.84. The number of alkyl halides is 3. The van der Waals surface area contributed by atoms with Crippen molar-refractivity contribution in [1.82, 2.24) is 9.97 Å². The molecule has 0 bridgehead atoms. The molecule has 0 atom stereocenters. The van der Waals surface area contributed by atoms with Crippen LogP contribution in [0.2, 0.25) is 0 Å². The molecule has 6 heteroatoms. The summed E-state index contributed by atoms with van der Waals surface area (Å²) in [5, 5.41) is 8.22. The fraction of sp³-hybridized carbons (Fsp3) is 0.167. The van der Waals surface area contributed by atoms with E-state index in [1.165, 1.54) is 6.07 Å². The molecule has 0 radical (unpaired) electrons. The van der Waals surface area contributed by atoms with Crippen molar-refractivity contribution in [2.75, 3.05) is 0 Å². The van der Waals surface area contributed by atoms with E-state index in [1.54, 1.807) is 0 Å². The third kappa shape index (κ3) is 1.69. The van der Waals surface area contributed by atoms with Gasteiger partial charge in [-0.05, 0) is 6.07 Å². The van der Waals surface area contributed by atoms with Crippen LogP contribution in [0.4, 0.5) is 13.2 Å². The lowest BCUT2D eigenvalue weighted by Gasteiger charge is -2.02. The summed E-state index contributed by atoms with van der Waals surface area (Å²) in [6.45, 7) is 0. The second-order valence-corrected chi connectivity index (χ2v) is 1.88. The smallest absolute Gasteiger partial charge is 0.233 e. The summed E-state index contributed by atoms with van der Waals surface area (Å²) in [5.74, 6) is -1.29. The Morgan fingerprint density at radius 1 is 1.42 bits per heavy atom. The summed E-state index contributed by atoms with van der Waals surface area (Å²) in [5.41, 5.74) is -0.294. The highest BCUT2D eigenvalue weighted by Crippen LogP contribution is 2.25. The highest BCUT2D eigenvalue weighted by molar-refractivity contribution is 5.18. The minimum atomic E-state index is -4.59. The van der Waals surface area contributed by atoms with E-state index < -0.39 is 12.0 Å². The molecule has 0 aliphatic rings. The molecule has 1 rings (SSSR count). The summed E-state index contributed by atoms with van der Waals surface area (Å²) in [4.78, 5) is 5.94. The van der Waals surface area contributed by atoms with Gasteiger partial charge in [-0.25, -0.2) is 9.97 Å². The summed E-state index contributed by atoms with van der Waals surface area (Å²) in [6.07, 6.45) is -3.69. The molecule has 0 saturated carbocycles. The number of halogens is 3. The van der Waals surface area contributed by atoms with Crippen LogP contribution in [0.25, 0.3) is 0 Å². The third-order valence-corrected chi connectivity index (χ3v) is 1.02. The fourth-order valence-corrected chi connectivity index (χ4v) is 0.558. The molecule has 1 aromatic heterocycles. The number of nitrogens with zero attached hydrogens (tertiary/aromatic N) is 3. The van der Waals surface area contributed by atoms with Gasteiger partial charge >= 0.3 is 6.18 Å². The first kappa shape index (κ1) is 8.46. The van der Waals surface area contributed by atoms with Gasteiger partial charge in [0.1, 0.15) is 11.8 Å². The van der Waals surface area contributed by atoms with Crippen LogP contribution < -0.4 is 0 Å². The summed E-state index contributed by atoms with van der Waals surface area (Å²) in [7, 11) is 0. The van der Waals surface area contributed by atoms with Crippen molar-refractivity contribution in [3.05, 3.63) is 23.8 Å². The van der Waals surface area contributed by atoms with Gasteiger partial charge in [-0.3, -0.25) is 0 Å². The first-order chi connectivity index (χ1) is 5.54. The zero-order chi connectivity index (χ0) is 9.19. The van der Waals surface area contributed by atoms with Crippen LogP contribution in [-0.4, -0.2) is 9.97 Å². The molecule has 0 spiro atoms. The van der Waals surface area contributed by atoms with Crippen LogP contribution in [0.15, 0.2) is 12.3 Å². The van der Waals surface area contributed by atoms with E-state index in [9.17, 15) is 13.2 Å². The average Bonchev–Trinajstić information content (AvgIpc) is 2.03. The average molecular weight is 173 g/mol. The van der Waals surface area contributed by atoms with Crippen LogP contribution in [0.3, 0.4) is 0 Å². The molecule has 0 amide bonds. The zero-order valence-electron chi connectivity index (χ0n) is 5.63. The zero-order valence-corrected chi connectivity index (χ0v) is 5.63. The topological polar surface area (TPSA) is 49.6 Å². The normalized spacial score (nSPS) is 10.8. The number of hydrogen-bond acceptors (Lipinski definition) is 3. The van der Waals surface area contributed by atoms with E-state index >= 15 is 0 Å². The van der Waals surface area contributed by atoms with Gasteiger partial charge in [0.15, 0.2) is 0 Å². The molecule has 1 aromatic rings. The van der Waals surface area contributed by atoms with Gasteiger partial charge in [0, 0.05) is 6.20 Å². The Bertz CT molecular complexity index is 326. The summed E-state index contributed by atoms with van der Waals surface area (Å²) in [6, 6.07) is 2.59. The van der Waals surface area contributed by atoms with Crippen molar-refractivity contribution in [2.24, 2.45) is 0 Å². The molecular formula is C6H2F3N3. The van der Waals surface area contributed by atoms with Crippen molar-refractivity contribution in [3.8, 4) is 6.07 Å². The number of rotatable bonds is 0. The van der Waals surface area contributed by atoms with Gasteiger partial charge in [-0.2, -0.15) is 18.4 Å². The SMILES string of the molecule is N#Cc1ccnc(C(F)(F)F)n1. The van der Waals surface area contributed by atoms with Crippen LogP contribution in [0.1, 0.15) is 11.5 Å². The maximum absolute atomic E-state index is 11.9. The highest BCUT2D eigenvalue weighted by atomic mass is 19.4. The molecule has 0 unspecified atom stereocenters. The van der Waals surface area contributed by atoms with Crippen molar-refractivity contribution in [2.45, 2.75) is 6.18 Å². The molecular weight excluding hydrogens is 171 g/mol.